The van der Waals surface area contributed by atoms with E-state index in [9.17, 15) is 4.79 Å². The quantitative estimate of drug-likeness (QED) is 0.885. The summed E-state index contributed by atoms with van der Waals surface area (Å²) in [6.07, 6.45) is 2.07. The predicted octanol–water partition coefficient (Wildman–Crippen LogP) is 1.87. The maximum Gasteiger partial charge on any atom is 0.227 e. The van der Waals surface area contributed by atoms with E-state index in [0.29, 0.717) is 0 Å². The summed E-state index contributed by atoms with van der Waals surface area (Å²) in [4.78, 5) is 14.0. The van der Waals surface area contributed by atoms with Gasteiger partial charge in [0.15, 0.2) is 0 Å². The number of rotatable bonds is 3. The second-order valence-electron chi connectivity index (χ2n) is 4.91. The van der Waals surface area contributed by atoms with Crippen molar-refractivity contribution in [3.63, 3.8) is 0 Å². The van der Waals surface area contributed by atoms with Gasteiger partial charge in [-0.15, -0.1) is 0 Å². The van der Waals surface area contributed by atoms with Gasteiger partial charge in [-0.1, -0.05) is 6.07 Å². The van der Waals surface area contributed by atoms with Crippen LogP contribution in [0.25, 0.3) is 0 Å². The Hall–Kier alpha value is -1.55. The van der Waals surface area contributed by atoms with Crippen LogP contribution in [0.2, 0.25) is 0 Å². The Morgan fingerprint density at radius 1 is 1.28 bits per heavy atom. The molecule has 0 aromatic heterocycles. The molecule has 1 heterocycles. The van der Waals surface area contributed by atoms with Crippen molar-refractivity contribution >= 4 is 17.3 Å². The number of carbonyl (C=O) groups is 1. The van der Waals surface area contributed by atoms with Crippen LogP contribution in [0.1, 0.15) is 12.8 Å². The smallest absolute Gasteiger partial charge is 0.227 e. The zero-order chi connectivity index (χ0) is 12.4. The Labute approximate surface area is 107 Å². The van der Waals surface area contributed by atoms with Crippen LogP contribution < -0.4 is 10.2 Å². The number of benzene rings is 1. The van der Waals surface area contributed by atoms with Crippen LogP contribution in [0.15, 0.2) is 24.3 Å². The zero-order valence-corrected chi connectivity index (χ0v) is 10.4. The predicted molar refractivity (Wildman–Crippen MR) is 70.8 cm³/mol. The molecule has 0 atom stereocenters. The highest BCUT2D eigenvalue weighted by molar-refractivity contribution is 5.94. The van der Waals surface area contributed by atoms with Gasteiger partial charge in [0, 0.05) is 30.4 Å². The lowest BCUT2D eigenvalue weighted by molar-refractivity contribution is -0.117. The van der Waals surface area contributed by atoms with Crippen molar-refractivity contribution in [2.24, 2.45) is 5.92 Å². The summed E-state index contributed by atoms with van der Waals surface area (Å²) in [7, 11) is 0. The first-order valence-corrected chi connectivity index (χ1v) is 6.56. The van der Waals surface area contributed by atoms with E-state index in [4.69, 9.17) is 4.74 Å². The molecule has 0 spiro atoms. The minimum atomic E-state index is 0.161. The Balaban J connectivity index is 1.69. The third-order valence-electron chi connectivity index (χ3n) is 3.44. The van der Waals surface area contributed by atoms with Crippen LogP contribution >= 0.6 is 0 Å². The van der Waals surface area contributed by atoms with Gasteiger partial charge in [-0.3, -0.25) is 4.79 Å². The SMILES string of the molecule is O=C(Nc1cccc(N2CCOCC2)c1)C1CC1. The molecule has 1 N–H and O–H groups in total. The van der Waals surface area contributed by atoms with E-state index in [0.717, 1.165) is 50.5 Å². The van der Waals surface area contributed by atoms with E-state index < -0.39 is 0 Å². The van der Waals surface area contributed by atoms with Crippen molar-refractivity contribution < 1.29 is 9.53 Å². The second kappa shape index (κ2) is 4.98. The van der Waals surface area contributed by atoms with Crippen molar-refractivity contribution in [1.82, 2.24) is 0 Å². The third kappa shape index (κ3) is 2.64. The van der Waals surface area contributed by atoms with E-state index in [1.807, 2.05) is 18.2 Å². The number of morpholine rings is 1. The summed E-state index contributed by atoms with van der Waals surface area (Å²) in [5.74, 6) is 0.408. The molecule has 4 heteroatoms. The molecule has 4 nitrogen and oxygen atoms in total. The van der Waals surface area contributed by atoms with Gasteiger partial charge in [0.2, 0.25) is 5.91 Å². The molecular formula is C14H18N2O2. The molecule has 1 amide bonds. The first-order valence-electron chi connectivity index (χ1n) is 6.56. The lowest BCUT2D eigenvalue weighted by Gasteiger charge is -2.29. The fraction of sp³-hybridized carbons (Fsp3) is 0.500. The Morgan fingerprint density at radius 3 is 2.78 bits per heavy atom. The van der Waals surface area contributed by atoms with Gasteiger partial charge < -0.3 is 15.0 Å². The molecule has 1 saturated carbocycles. The summed E-state index contributed by atoms with van der Waals surface area (Å²) in [6.45, 7) is 3.39. The van der Waals surface area contributed by atoms with Crippen LogP contribution in [0.3, 0.4) is 0 Å². The normalized spacial score (nSPS) is 19.7. The summed E-state index contributed by atoms with van der Waals surface area (Å²) in [6, 6.07) is 8.07. The molecule has 0 unspecified atom stereocenters. The Bertz CT molecular complexity index is 437. The van der Waals surface area contributed by atoms with Crippen LogP contribution in [0.4, 0.5) is 11.4 Å². The fourth-order valence-corrected chi connectivity index (χ4v) is 2.19. The average molecular weight is 246 g/mol. The number of ether oxygens (including phenoxy) is 1. The molecule has 1 aromatic rings. The third-order valence-corrected chi connectivity index (χ3v) is 3.44. The maximum atomic E-state index is 11.7. The lowest BCUT2D eigenvalue weighted by Crippen LogP contribution is -2.36. The zero-order valence-electron chi connectivity index (χ0n) is 10.4. The number of anilines is 2. The minimum Gasteiger partial charge on any atom is -0.378 e. The van der Waals surface area contributed by atoms with E-state index >= 15 is 0 Å². The second-order valence-corrected chi connectivity index (χ2v) is 4.91. The summed E-state index contributed by atoms with van der Waals surface area (Å²) in [5.41, 5.74) is 2.06. The van der Waals surface area contributed by atoms with Gasteiger partial charge in [-0.2, -0.15) is 0 Å². The lowest BCUT2D eigenvalue weighted by atomic mass is 10.2. The summed E-state index contributed by atoms with van der Waals surface area (Å²) in [5, 5.41) is 2.99. The summed E-state index contributed by atoms with van der Waals surface area (Å²) < 4.78 is 5.34. The van der Waals surface area contributed by atoms with Crippen molar-refractivity contribution in [3.05, 3.63) is 24.3 Å². The standard InChI is InChI=1S/C14H18N2O2/c17-14(11-4-5-11)15-12-2-1-3-13(10-12)16-6-8-18-9-7-16/h1-3,10-11H,4-9H2,(H,15,17). The van der Waals surface area contributed by atoms with Crippen molar-refractivity contribution in [1.29, 1.82) is 0 Å². The highest BCUT2D eigenvalue weighted by Gasteiger charge is 2.29. The van der Waals surface area contributed by atoms with Gasteiger partial charge in [0.05, 0.1) is 13.2 Å². The molecule has 18 heavy (non-hydrogen) atoms. The molecule has 0 radical (unpaired) electrons. The van der Waals surface area contributed by atoms with Gasteiger partial charge in [0.25, 0.3) is 0 Å². The topological polar surface area (TPSA) is 41.6 Å². The van der Waals surface area contributed by atoms with E-state index in [1.54, 1.807) is 0 Å². The van der Waals surface area contributed by atoms with Crippen molar-refractivity contribution in [3.8, 4) is 0 Å². The highest BCUT2D eigenvalue weighted by atomic mass is 16.5. The minimum absolute atomic E-state index is 0.161. The number of carbonyl (C=O) groups excluding carboxylic acids is 1. The number of nitrogens with zero attached hydrogens (tertiary/aromatic N) is 1. The fourth-order valence-electron chi connectivity index (χ4n) is 2.19. The molecule has 1 saturated heterocycles. The highest BCUT2D eigenvalue weighted by Crippen LogP contribution is 2.30. The first kappa shape index (κ1) is 11.5. The first-order chi connectivity index (χ1) is 8.83. The molecule has 1 aliphatic heterocycles. The van der Waals surface area contributed by atoms with Crippen LogP contribution in [0.5, 0.6) is 0 Å². The number of hydrogen-bond acceptors (Lipinski definition) is 3. The molecule has 2 aliphatic rings. The molecule has 0 bridgehead atoms. The Kier molecular flexibility index (Phi) is 3.19. The van der Waals surface area contributed by atoms with E-state index in [-0.39, 0.29) is 11.8 Å². The maximum absolute atomic E-state index is 11.7. The van der Waals surface area contributed by atoms with Gasteiger partial charge in [-0.25, -0.2) is 0 Å². The van der Waals surface area contributed by atoms with Crippen molar-refractivity contribution in [2.75, 3.05) is 36.5 Å². The largest absolute Gasteiger partial charge is 0.378 e. The monoisotopic (exact) mass is 246 g/mol. The number of nitrogens with one attached hydrogen (secondary N) is 1. The molecule has 1 aliphatic carbocycles. The van der Waals surface area contributed by atoms with Crippen LogP contribution in [-0.4, -0.2) is 32.2 Å². The molecule has 3 rings (SSSR count). The number of amides is 1. The van der Waals surface area contributed by atoms with Crippen LogP contribution in [0, 0.1) is 5.92 Å². The van der Waals surface area contributed by atoms with Gasteiger partial charge in [0.1, 0.15) is 0 Å². The summed E-state index contributed by atoms with van der Waals surface area (Å²) >= 11 is 0. The van der Waals surface area contributed by atoms with Crippen LogP contribution in [-0.2, 0) is 9.53 Å². The molecular weight excluding hydrogens is 228 g/mol. The number of hydrogen-bond donors (Lipinski definition) is 1. The molecule has 1 aromatic carbocycles. The van der Waals surface area contributed by atoms with Gasteiger partial charge in [-0.05, 0) is 31.0 Å². The molecule has 96 valence electrons. The van der Waals surface area contributed by atoms with E-state index in [1.165, 1.54) is 0 Å². The Morgan fingerprint density at radius 2 is 2.06 bits per heavy atom. The molecule has 2 fully saturated rings. The average Bonchev–Trinajstić information content (AvgIpc) is 3.24. The van der Waals surface area contributed by atoms with Gasteiger partial charge >= 0.3 is 0 Å². The van der Waals surface area contributed by atoms with Crippen molar-refractivity contribution in [2.45, 2.75) is 12.8 Å². The van der Waals surface area contributed by atoms with E-state index in [2.05, 4.69) is 16.3 Å².